The van der Waals surface area contributed by atoms with Crippen LogP contribution in [0, 0.1) is 0 Å². The first kappa shape index (κ1) is 17.0. The van der Waals surface area contributed by atoms with Crippen LogP contribution in [0.15, 0.2) is 54.6 Å². The smallest absolute Gasteiger partial charge is 0.115 e. The number of aromatic hydroxyl groups is 1. The summed E-state index contributed by atoms with van der Waals surface area (Å²) in [7, 11) is 0. The van der Waals surface area contributed by atoms with Gasteiger partial charge in [0.1, 0.15) is 5.75 Å². The Morgan fingerprint density at radius 3 is 2.71 bits per heavy atom. The molecular weight excluding hydrogens is 300 g/mol. The van der Waals surface area contributed by atoms with E-state index >= 15 is 0 Å². The second-order valence-corrected chi connectivity index (χ2v) is 6.68. The van der Waals surface area contributed by atoms with Crippen LogP contribution in [0.1, 0.15) is 30.5 Å². The quantitative estimate of drug-likeness (QED) is 0.764. The summed E-state index contributed by atoms with van der Waals surface area (Å²) in [5, 5.41) is 23.2. The van der Waals surface area contributed by atoms with E-state index in [0.717, 1.165) is 31.6 Å². The van der Waals surface area contributed by atoms with Crippen LogP contribution in [0.2, 0.25) is 0 Å². The fourth-order valence-corrected chi connectivity index (χ4v) is 3.41. The number of phenolic OH excluding ortho intramolecular Hbond substituents is 1. The molecule has 0 aromatic heterocycles. The SMILES string of the molecule is C[C@H](NC[C@@H]1C[C@@H](O)CN1Cc1ccccc1)c1cccc(O)c1. The van der Waals surface area contributed by atoms with Crippen LogP contribution in [0.25, 0.3) is 0 Å². The van der Waals surface area contributed by atoms with Gasteiger partial charge in [0.05, 0.1) is 6.10 Å². The highest BCUT2D eigenvalue weighted by atomic mass is 16.3. The highest BCUT2D eigenvalue weighted by Gasteiger charge is 2.30. The number of hydrogen-bond donors (Lipinski definition) is 3. The average molecular weight is 326 g/mol. The number of nitrogens with one attached hydrogen (secondary N) is 1. The Hall–Kier alpha value is -1.88. The highest BCUT2D eigenvalue weighted by molar-refractivity contribution is 5.29. The van der Waals surface area contributed by atoms with E-state index in [-0.39, 0.29) is 12.1 Å². The first-order valence-corrected chi connectivity index (χ1v) is 8.60. The summed E-state index contributed by atoms with van der Waals surface area (Å²) in [4.78, 5) is 2.35. The van der Waals surface area contributed by atoms with E-state index in [0.29, 0.717) is 11.8 Å². The third-order valence-corrected chi connectivity index (χ3v) is 4.76. The molecule has 2 aromatic rings. The first-order chi connectivity index (χ1) is 11.6. The molecule has 0 bridgehead atoms. The van der Waals surface area contributed by atoms with E-state index in [4.69, 9.17) is 0 Å². The fourth-order valence-electron chi connectivity index (χ4n) is 3.41. The summed E-state index contributed by atoms with van der Waals surface area (Å²) in [5.74, 6) is 0.295. The van der Waals surface area contributed by atoms with Crippen molar-refractivity contribution in [3.8, 4) is 5.75 Å². The second kappa shape index (κ2) is 7.79. The Bertz CT molecular complexity index is 647. The lowest BCUT2D eigenvalue weighted by Crippen LogP contribution is -2.38. The van der Waals surface area contributed by atoms with Crippen molar-refractivity contribution in [3.05, 3.63) is 65.7 Å². The van der Waals surface area contributed by atoms with Gasteiger partial charge in [0.2, 0.25) is 0 Å². The minimum absolute atomic E-state index is 0.161. The normalized spacial score (nSPS) is 22.6. The maximum Gasteiger partial charge on any atom is 0.115 e. The largest absolute Gasteiger partial charge is 0.508 e. The molecule has 1 fully saturated rings. The van der Waals surface area contributed by atoms with Gasteiger partial charge >= 0.3 is 0 Å². The Morgan fingerprint density at radius 1 is 1.17 bits per heavy atom. The number of rotatable bonds is 6. The second-order valence-electron chi connectivity index (χ2n) is 6.68. The Kier molecular flexibility index (Phi) is 5.51. The molecule has 4 heteroatoms. The fraction of sp³-hybridized carbons (Fsp3) is 0.400. The highest BCUT2D eigenvalue weighted by Crippen LogP contribution is 2.22. The molecule has 0 saturated carbocycles. The van der Waals surface area contributed by atoms with Crippen molar-refractivity contribution in [2.75, 3.05) is 13.1 Å². The van der Waals surface area contributed by atoms with E-state index in [1.165, 1.54) is 5.56 Å². The molecule has 128 valence electrons. The number of nitrogens with zero attached hydrogens (tertiary/aromatic N) is 1. The van der Waals surface area contributed by atoms with Gasteiger partial charge in [-0.15, -0.1) is 0 Å². The van der Waals surface area contributed by atoms with Crippen LogP contribution in [0.5, 0.6) is 5.75 Å². The van der Waals surface area contributed by atoms with Crippen LogP contribution < -0.4 is 5.32 Å². The summed E-state index contributed by atoms with van der Waals surface area (Å²) >= 11 is 0. The van der Waals surface area contributed by atoms with Gasteiger partial charge < -0.3 is 15.5 Å². The molecule has 3 rings (SSSR count). The third-order valence-electron chi connectivity index (χ3n) is 4.76. The number of likely N-dealkylation sites (tertiary alicyclic amines) is 1. The van der Waals surface area contributed by atoms with Crippen molar-refractivity contribution in [3.63, 3.8) is 0 Å². The number of phenols is 1. The monoisotopic (exact) mass is 326 g/mol. The summed E-state index contributed by atoms with van der Waals surface area (Å²) in [6.07, 6.45) is 0.545. The van der Waals surface area contributed by atoms with Crippen molar-refractivity contribution in [2.45, 2.75) is 38.1 Å². The lowest BCUT2D eigenvalue weighted by Gasteiger charge is -2.26. The number of hydrogen-bond acceptors (Lipinski definition) is 4. The molecule has 1 heterocycles. The Balaban J connectivity index is 1.58. The van der Waals surface area contributed by atoms with E-state index in [2.05, 4.69) is 41.4 Å². The van der Waals surface area contributed by atoms with E-state index < -0.39 is 0 Å². The zero-order valence-corrected chi connectivity index (χ0v) is 14.1. The van der Waals surface area contributed by atoms with Crippen LogP contribution in [-0.4, -0.2) is 40.3 Å². The molecule has 0 unspecified atom stereocenters. The van der Waals surface area contributed by atoms with Gasteiger partial charge in [-0.05, 0) is 36.6 Å². The van der Waals surface area contributed by atoms with Gasteiger partial charge in [-0.1, -0.05) is 42.5 Å². The summed E-state index contributed by atoms with van der Waals surface area (Å²) in [6, 6.07) is 18.2. The molecule has 0 radical (unpaired) electrons. The van der Waals surface area contributed by atoms with Crippen LogP contribution in [0.4, 0.5) is 0 Å². The molecule has 1 aliphatic rings. The molecule has 3 N–H and O–H groups in total. The summed E-state index contributed by atoms with van der Waals surface area (Å²) < 4.78 is 0. The first-order valence-electron chi connectivity index (χ1n) is 8.60. The molecule has 4 nitrogen and oxygen atoms in total. The standard InChI is InChI=1S/C20H26N2O2/c1-15(17-8-5-9-19(23)10-17)21-12-18-11-20(24)14-22(18)13-16-6-3-2-4-7-16/h2-10,15,18,20-21,23-24H,11-14H2,1H3/t15-,18-,20+/m0/s1. The number of β-amino-alcohol motifs (C(OH)–C–C–N with tert-alkyl or cyclic N) is 1. The average Bonchev–Trinajstić information content (AvgIpc) is 2.93. The minimum Gasteiger partial charge on any atom is -0.508 e. The minimum atomic E-state index is -0.253. The maximum atomic E-state index is 10.1. The third kappa shape index (κ3) is 4.35. The number of aliphatic hydroxyl groups is 1. The molecule has 1 aliphatic heterocycles. The lowest BCUT2D eigenvalue weighted by atomic mass is 10.1. The lowest BCUT2D eigenvalue weighted by molar-refractivity contribution is 0.172. The van der Waals surface area contributed by atoms with Gasteiger partial charge in [0.25, 0.3) is 0 Å². The molecule has 3 atom stereocenters. The zero-order chi connectivity index (χ0) is 16.9. The maximum absolute atomic E-state index is 10.1. The molecule has 2 aromatic carbocycles. The summed E-state index contributed by atoms with van der Waals surface area (Å²) in [5.41, 5.74) is 2.35. The Labute approximate surface area is 143 Å². The van der Waals surface area contributed by atoms with Gasteiger partial charge in [-0.3, -0.25) is 4.90 Å². The summed E-state index contributed by atoms with van der Waals surface area (Å²) in [6.45, 7) is 4.51. The van der Waals surface area contributed by atoms with Gasteiger partial charge in [0, 0.05) is 31.7 Å². The van der Waals surface area contributed by atoms with Crippen molar-refractivity contribution in [1.29, 1.82) is 0 Å². The van der Waals surface area contributed by atoms with Crippen LogP contribution in [-0.2, 0) is 6.54 Å². The topological polar surface area (TPSA) is 55.7 Å². The van der Waals surface area contributed by atoms with Crippen LogP contribution in [0.3, 0.4) is 0 Å². The predicted molar refractivity (Wildman–Crippen MR) is 95.8 cm³/mol. The number of aliphatic hydroxyl groups excluding tert-OH is 1. The zero-order valence-electron chi connectivity index (χ0n) is 14.1. The van der Waals surface area contributed by atoms with Crippen molar-refractivity contribution in [2.24, 2.45) is 0 Å². The van der Waals surface area contributed by atoms with E-state index in [1.807, 2.05) is 18.2 Å². The van der Waals surface area contributed by atoms with Crippen molar-refractivity contribution < 1.29 is 10.2 Å². The van der Waals surface area contributed by atoms with Crippen molar-refractivity contribution >= 4 is 0 Å². The van der Waals surface area contributed by atoms with E-state index in [1.54, 1.807) is 12.1 Å². The van der Waals surface area contributed by atoms with Crippen molar-refractivity contribution in [1.82, 2.24) is 10.2 Å². The van der Waals surface area contributed by atoms with E-state index in [9.17, 15) is 10.2 Å². The van der Waals surface area contributed by atoms with Gasteiger partial charge in [-0.25, -0.2) is 0 Å². The molecular formula is C20H26N2O2. The number of benzene rings is 2. The molecule has 24 heavy (non-hydrogen) atoms. The molecule has 0 aliphatic carbocycles. The van der Waals surface area contributed by atoms with Crippen LogP contribution >= 0.6 is 0 Å². The Morgan fingerprint density at radius 2 is 1.96 bits per heavy atom. The van der Waals surface area contributed by atoms with Gasteiger partial charge in [-0.2, -0.15) is 0 Å². The van der Waals surface area contributed by atoms with Gasteiger partial charge in [0.15, 0.2) is 0 Å². The molecule has 0 amide bonds. The predicted octanol–water partition coefficient (Wildman–Crippen LogP) is 2.68. The molecule has 1 saturated heterocycles. The molecule has 0 spiro atoms.